The number of allylic oxidation sites excluding steroid dienone is 3. The Balaban J connectivity index is 0.000000686. The van der Waals surface area contributed by atoms with Gasteiger partial charge in [0.15, 0.2) is 0 Å². The lowest BCUT2D eigenvalue weighted by molar-refractivity contribution is 1.02. The summed E-state index contributed by atoms with van der Waals surface area (Å²) in [6, 6.07) is 4.35. The zero-order valence-electron chi connectivity index (χ0n) is 11.5. The maximum atomic E-state index is 4.66. The molecule has 1 aliphatic carbocycles. The number of aryl methyl sites for hydroxylation is 1. The Kier molecular flexibility index (Phi) is 5.68. The fourth-order valence-corrected chi connectivity index (χ4v) is 1.95. The fraction of sp³-hybridized carbons (Fsp3) is 0.438. The molecule has 0 N–H and O–H groups in total. The molecule has 92 valence electrons. The number of hydrogen-bond donors (Lipinski definition) is 0. The van der Waals surface area contributed by atoms with Gasteiger partial charge in [-0.25, -0.2) is 0 Å². The van der Waals surface area contributed by atoms with E-state index in [1.165, 1.54) is 16.8 Å². The molecule has 0 amide bonds. The summed E-state index contributed by atoms with van der Waals surface area (Å²) >= 11 is 0. The molecule has 0 bridgehead atoms. The SMILES string of the molecule is CC.CCC1=CCC=Cc2nc(CC)ccc21. The summed E-state index contributed by atoms with van der Waals surface area (Å²) in [5, 5.41) is 0. The first-order chi connectivity index (χ1) is 8.35. The maximum absolute atomic E-state index is 4.66. The molecular weight excluding hydrogens is 206 g/mol. The lowest BCUT2D eigenvalue weighted by Crippen LogP contribution is -1.95. The predicted octanol–water partition coefficient (Wildman–Crippen LogP) is 4.88. The van der Waals surface area contributed by atoms with Gasteiger partial charge in [0.25, 0.3) is 0 Å². The molecule has 1 heteroatoms. The van der Waals surface area contributed by atoms with Gasteiger partial charge in [-0.3, -0.25) is 4.98 Å². The standard InChI is InChI=1S/C14H17N.C2H6/c1-3-11-7-5-6-8-14-13(11)10-9-12(4-2)15-14;1-2/h6-10H,3-5H2,1-2H3;1-2H3. The van der Waals surface area contributed by atoms with Gasteiger partial charge in [-0.1, -0.05) is 45.9 Å². The van der Waals surface area contributed by atoms with Gasteiger partial charge in [-0.2, -0.15) is 0 Å². The molecule has 1 aromatic heterocycles. The highest BCUT2D eigenvalue weighted by atomic mass is 14.7. The van der Waals surface area contributed by atoms with Gasteiger partial charge >= 0.3 is 0 Å². The lowest BCUT2D eigenvalue weighted by Gasteiger charge is -2.08. The largest absolute Gasteiger partial charge is 0.253 e. The summed E-state index contributed by atoms with van der Waals surface area (Å²) in [5.41, 5.74) is 5.05. The third kappa shape index (κ3) is 3.29. The van der Waals surface area contributed by atoms with E-state index in [2.05, 4.69) is 49.2 Å². The first kappa shape index (κ1) is 13.7. The Labute approximate surface area is 105 Å². The molecule has 0 fully saturated rings. The van der Waals surface area contributed by atoms with Crippen LogP contribution >= 0.6 is 0 Å². The van der Waals surface area contributed by atoms with Crippen LogP contribution in [0.25, 0.3) is 11.6 Å². The van der Waals surface area contributed by atoms with Gasteiger partial charge < -0.3 is 0 Å². The number of nitrogens with zero attached hydrogens (tertiary/aromatic N) is 1. The summed E-state index contributed by atoms with van der Waals surface area (Å²) in [4.78, 5) is 4.66. The van der Waals surface area contributed by atoms with Crippen molar-refractivity contribution in [1.29, 1.82) is 0 Å². The number of pyridine rings is 1. The highest BCUT2D eigenvalue weighted by Crippen LogP contribution is 2.25. The van der Waals surface area contributed by atoms with Crippen molar-refractivity contribution >= 4 is 11.6 Å². The molecule has 2 rings (SSSR count). The smallest absolute Gasteiger partial charge is 0.0704 e. The van der Waals surface area contributed by atoms with Crippen LogP contribution in [0.2, 0.25) is 0 Å². The van der Waals surface area contributed by atoms with Gasteiger partial charge in [0.05, 0.1) is 5.69 Å². The number of aromatic nitrogens is 1. The van der Waals surface area contributed by atoms with Crippen LogP contribution in [0.1, 0.15) is 57.5 Å². The second-order valence-corrected chi connectivity index (χ2v) is 3.81. The van der Waals surface area contributed by atoms with E-state index in [4.69, 9.17) is 0 Å². The van der Waals surface area contributed by atoms with E-state index in [0.29, 0.717) is 0 Å². The maximum Gasteiger partial charge on any atom is 0.0704 e. The topological polar surface area (TPSA) is 12.9 Å². The summed E-state index contributed by atoms with van der Waals surface area (Å²) < 4.78 is 0. The molecule has 0 atom stereocenters. The van der Waals surface area contributed by atoms with E-state index in [0.717, 1.165) is 25.0 Å². The molecule has 0 unspecified atom stereocenters. The molecule has 0 saturated heterocycles. The molecule has 1 aromatic rings. The molecule has 0 aromatic carbocycles. The Morgan fingerprint density at radius 2 is 1.88 bits per heavy atom. The van der Waals surface area contributed by atoms with E-state index < -0.39 is 0 Å². The molecule has 0 radical (unpaired) electrons. The number of fused-ring (bicyclic) bond motifs is 1. The Bertz CT molecular complexity index is 414. The zero-order chi connectivity index (χ0) is 12.7. The quantitative estimate of drug-likeness (QED) is 0.704. The van der Waals surface area contributed by atoms with Crippen molar-refractivity contribution in [3.63, 3.8) is 0 Å². The monoisotopic (exact) mass is 229 g/mol. The highest BCUT2D eigenvalue weighted by Gasteiger charge is 2.08. The molecular formula is C16H23N. The summed E-state index contributed by atoms with van der Waals surface area (Å²) in [5.74, 6) is 0. The van der Waals surface area contributed by atoms with Crippen LogP contribution in [0.15, 0.2) is 24.3 Å². The van der Waals surface area contributed by atoms with Crippen LogP contribution < -0.4 is 0 Å². The Hall–Kier alpha value is -1.37. The van der Waals surface area contributed by atoms with Crippen LogP contribution in [0, 0.1) is 0 Å². The minimum Gasteiger partial charge on any atom is -0.253 e. The van der Waals surface area contributed by atoms with Gasteiger partial charge in [0.2, 0.25) is 0 Å². The van der Waals surface area contributed by atoms with E-state index >= 15 is 0 Å². The Morgan fingerprint density at radius 1 is 1.12 bits per heavy atom. The van der Waals surface area contributed by atoms with Crippen molar-refractivity contribution in [2.24, 2.45) is 0 Å². The van der Waals surface area contributed by atoms with Crippen molar-refractivity contribution in [1.82, 2.24) is 4.98 Å². The van der Waals surface area contributed by atoms with Crippen molar-refractivity contribution in [2.75, 3.05) is 0 Å². The number of rotatable bonds is 2. The Morgan fingerprint density at radius 3 is 2.53 bits per heavy atom. The molecule has 1 aliphatic rings. The molecule has 0 spiro atoms. The summed E-state index contributed by atoms with van der Waals surface area (Å²) in [6.45, 7) is 8.35. The first-order valence-corrected chi connectivity index (χ1v) is 6.71. The molecule has 1 heterocycles. The molecule has 0 aliphatic heterocycles. The van der Waals surface area contributed by atoms with Gasteiger partial charge in [-0.05, 0) is 37.0 Å². The van der Waals surface area contributed by atoms with Crippen molar-refractivity contribution in [2.45, 2.75) is 47.0 Å². The van der Waals surface area contributed by atoms with Crippen LogP contribution in [-0.2, 0) is 6.42 Å². The second-order valence-electron chi connectivity index (χ2n) is 3.81. The first-order valence-electron chi connectivity index (χ1n) is 6.71. The zero-order valence-corrected chi connectivity index (χ0v) is 11.5. The average molecular weight is 229 g/mol. The highest BCUT2D eigenvalue weighted by molar-refractivity contribution is 5.74. The van der Waals surface area contributed by atoms with Crippen LogP contribution in [0.5, 0.6) is 0 Å². The minimum atomic E-state index is 1.01. The molecule has 17 heavy (non-hydrogen) atoms. The van der Waals surface area contributed by atoms with E-state index in [1.807, 2.05) is 13.8 Å². The fourth-order valence-electron chi connectivity index (χ4n) is 1.95. The van der Waals surface area contributed by atoms with Gasteiger partial charge in [-0.15, -0.1) is 0 Å². The van der Waals surface area contributed by atoms with Crippen LogP contribution in [0.4, 0.5) is 0 Å². The normalized spacial score (nSPS) is 13.1. The van der Waals surface area contributed by atoms with Crippen LogP contribution in [-0.4, -0.2) is 4.98 Å². The van der Waals surface area contributed by atoms with Crippen molar-refractivity contribution < 1.29 is 0 Å². The third-order valence-corrected chi connectivity index (χ3v) is 2.85. The summed E-state index contributed by atoms with van der Waals surface area (Å²) in [7, 11) is 0. The van der Waals surface area contributed by atoms with Gasteiger partial charge in [0.1, 0.15) is 0 Å². The van der Waals surface area contributed by atoms with E-state index in [9.17, 15) is 0 Å². The minimum absolute atomic E-state index is 1.01. The van der Waals surface area contributed by atoms with E-state index in [1.54, 1.807) is 0 Å². The lowest BCUT2D eigenvalue weighted by atomic mass is 10.0. The van der Waals surface area contributed by atoms with Gasteiger partial charge in [0, 0.05) is 11.3 Å². The second kappa shape index (κ2) is 7.05. The molecule has 1 nitrogen and oxygen atoms in total. The molecule has 0 saturated carbocycles. The van der Waals surface area contributed by atoms with Crippen LogP contribution in [0.3, 0.4) is 0 Å². The summed E-state index contributed by atoms with van der Waals surface area (Å²) in [6.07, 6.45) is 9.76. The predicted molar refractivity (Wildman–Crippen MR) is 76.9 cm³/mol. The van der Waals surface area contributed by atoms with Crippen molar-refractivity contribution in [3.8, 4) is 0 Å². The average Bonchev–Trinajstić information content (AvgIpc) is 2.61. The number of hydrogen-bond acceptors (Lipinski definition) is 1. The van der Waals surface area contributed by atoms with E-state index in [-0.39, 0.29) is 0 Å². The van der Waals surface area contributed by atoms with Crippen molar-refractivity contribution in [3.05, 3.63) is 41.2 Å². The third-order valence-electron chi connectivity index (χ3n) is 2.85.